The molecule has 0 aliphatic rings. The molecule has 0 saturated heterocycles. The zero-order valence-corrected chi connectivity index (χ0v) is 17.5. The highest BCUT2D eigenvalue weighted by Crippen LogP contribution is 2.28. The topological polar surface area (TPSA) is 127 Å². The summed E-state index contributed by atoms with van der Waals surface area (Å²) in [7, 11) is 0. The van der Waals surface area contributed by atoms with Gasteiger partial charge in [0.2, 0.25) is 5.13 Å². The van der Waals surface area contributed by atoms with Gasteiger partial charge in [-0.1, -0.05) is 23.5 Å². The number of benzene rings is 2. The lowest BCUT2D eigenvalue weighted by atomic mass is 10.2. The minimum Gasteiger partial charge on any atom is -0.317 e. The van der Waals surface area contributed by atoms with Crippen LogP contribution in [0.15, 0.2) is 72.4 Å². The van der Waals surface area contributed by atoms with Gasteiger partial charge in [-0.2, -0.15) is 5.26 Å². The summed E-state index contributed by atoms with van der Waals surface area (Å²) in [6.45, 7) is 0. The molecule has 9 nitrogen and oxygen atoms in total. The van der Waals surface area contributed by atoms with E-state index in [-0.39, 0.29) is 27.0 Å². The molecule has 0 atom stereocenters. The molecule has 0 aliphatic carbocycles. The number of halogens is 1. The van der Waals surface area contributed by atoms with Gasteiger partial charge in [-0.15, -0.1) is 10.2 Å². The highest BCUT2D eigenvalue weighted by molar-refractivity contribution is 7.18. The van der Waals surface area contributed by atoms with Crippen LogP contribution in [0.5, 0.6) is 0 Å². The first-order chi connectivity index (χ1) is 16.0. The lowest BCUT2D eigenvalue weighted by Crippen LogP contribution is -2.13. The van der Waals surface area contributed by atoms with Crippen molar-refractivity contribution in [3.63, 3.8) is 0 Å². The number of nitro groups is 1. The number of nitro benzene ring substituents is 1. The summed E-state index contributed by atoms with van der Waals surface area (Å²) in [6, 6.07) is 17.2. The zero-order chi connectivity index (χ0) is 23.4. The molecule has 11 heteroatoms. The Kier molecular flexibility index (Phi) is 6.01. The van der Waals surface area contributed by atoms with Gasteiger partial charge in [-0.05, 0) is 42.5 Å². The summed E-state index contributed by atoms with van der Waals surface area (Å²) in [6.07, 6.45) is 3.08. The third-order valence-electron chi connectivity index (χ3n) is 4.53. The molecular weight excluding hydrogens is 447 g/mol. The Balaban J connectivity index is 1.55. The van der Waals surface area contributed by atoms with Crippen molar-refractivity contribution in [2.75, 3.05) is 5.32 Å². The van der Waals surface area contributed by atoms with Crippen molar-refractivity contribution in [2.24, 2.45) is 0 Å². The Hall–Kier alpha value is -4.69. The van der Waals surface area contributed by atoms with E-state index in [1.165, 1.54) is 24.3 Å². The predicted octanol–water partition coefficient (Wildman–Crippen LogP) is 4.59. The number of non-ortho nitro benzene ring substituents is 1. The van der Waals surface area contributed by atoms with Crippen molar-refractivity contribution in [3.8, 4) is 22.3 Å². The summed E-state index contributed by atoms with van der Waals surface area (Å²) in [5, 5.41) is 31.0. The molecule has 0 aliphatic heterocycles. The van der Waals surface area contributed by atoms with E-state index in [0.717, 1.165) is 11.3 Å². The first kappa shape index (κ1) is 21.5. The van der Waals surface area contributed by atoms with Gasteiger partial charge < -0.3 is 4.57 Å². The van der Waals surface area contributed by atoms with E-state index >= 15 is 0 Å². The summed E-state index contributed by atoms with van der Waals surface area (Å²) in [5.74, 6) is -1.17. The second-order valence-electron chi connectivity index (χ2n) is 6.59. The number of nitrogens with zero attached hydrogens (tertiary/aromatic N) is 5. The van der Waals surface area contributed by atoms with Crippen molar-refractivity contribution in [1.82, 2.24) is 14.8 Å². The number of amides is 1. The van der Waals surface area contributed by atoms with Crippen molar-refractivity contribution in [1.29, 1.82) is 5.26 Å². The van der Waals surface area contributed by atoms with Gasteiger partial charge in [0, 0.05) is 35.3 Å². The number of hydrogen-bond donors (Lipinski definition) is 1. The van der Waals surface area contributed by atoms with Crippen molar-refractivity contribution in [2.45, 2.75) is 0 Å². The van der Waals surface area contributed by atoms with Gasteiger partial charge in [0.05, 0.1) is 4.92 Å². The minimum absolute atomic E-state index is 0.0492. The Bertz CT molecular complexity index is 1420. The van der Waals surface area contributed by atoms with E-state index < -0.39 is 16.6 Å². The Morgan fingerprint density at radius 1 is 1.15 bits per heavy atom. The fourth-order valence-electron chi connectivity index (χ4n) is 2.96. The van der Waals surface area contributed by atoms with Crippen molar-refractivity contribution < 1.29 is 14.1 Å². The molecule has 2 heterocycles. The maximum absolute atomic E-state index is 13.9. The standard InChI is InChI=1S/C22H13FN6O3S/c23-19-6-2-1-5-18(19)21-26-27-22(33-21)25-20(30)14(13-24)12-17-4-3-11-28(17)15-7-9-16(10-8-15)29(31)32/h1-12H,(H,25,27,30). The molecule has 0 unspecified atom stereocenters. The lowest BCUT2D eigenvalue weighted by Gasteiger charge is -2.07. The maximum Gasteiger partial charge on any atom is 0.269 e. The molecule has 1 N–H and O–H groups in total. The molecule has 4 rings (SSSR count). The van der Waals surface area contributed by atoms with E-state index in [4.69, 9.17) is 0 Å². The Labute approximate surface area is 190 Å². The number of rotatable bonds is 6. The normalized spacial score (nSPS) is 11.1. The smallest absolute Gasteiger partial charge is 0.269 e. The van der Waals surface area contributed by atoms with Crippen LogP contribution >= 0.6 is 11.3 Å². The minimum atomic E-state index is -0.704. The number of nitrogens with one attached hydrogen (secondary N) is 1. The monoisotopic (exact) mass is 460 g/mol. The molecule has 1 amide bonds. The highest BCUT2D eigenvalue weighted by atomic mass is 32.1. The Morgan fingerprint density at radius 3 is 2.61 bits per heavy atom. The first-order valence-electron chi connectivity index (χ1n) is 9.40. The largest absolute Gasteiger partial charge is 0.317 e. The first-order valence-corrected chi connectivity index (χ1v) is 10.2. The average Bonchev–Trinajstić information content (AvgIpc) is 3.47. The highest BCUT2D eigenvalue weighted by Gasteiger charge is 2.16. The Morgan fingerprint density at radius 2 is 1.91 bits per heavy atom. The van der Waals surface area contributed by atoms with Crippen LogP contribution in [-0.2, 0) is 4.79 Å². The van der Waals surface area contributed by atoms with Crippen LogP contribution in [0, 0.1) is 27.3 Å². The van der Waals surface area contributed by atoms with Gasteiger partial charge in [0.1, 0.15) is 17.5 Å². The molecule has 4 aromatic rings. The number of nitriles is 1. The molecule has 33 heavy (non-hydrogen) atoms. The lowest BCUT2D eigenvalue weighted by molar-refractivity contribution is -0.384. The van der Waals surface area contributed by atoms with Crippen molar-refractivity contribution >= 4 is 34.1 Å². The fraction of sp³-hybridized carbons (Fsp3) is 0. The molecule has 2 aromatic carbocycles. The molecule has 2 aromatic heterocycles. The fourth-order valence-corrected chi connectivity index (χ4v) is 3.73. The molecule has 0 radical (unpaired) electrons. The molecule has 0 fully saturated rings. The summed E-state index contributed by atoms with van der Waals surface area (Å²) in [5.41, 5.74) is 1.15. The van der Waals surface area contributed by atoms with E-state index in [0.29, 0.717) is 11.4 Å². The molecule has 0 saturated carbocycles. The van der Waals surface area contributed by atoms with Gasteiger partial charge in [0.15, 0.2) is 5.01 Å². The number of aromatic nitrogens is 3. The third kappa shape index (κ3) is 4.65. The quantitative estimate of drug-likeness (QED) is 0.194. The van der Waals surface area contributed by atoms with Gasteiger partial charge in [-0.25, -0.2) is 4.39 Å². The van der Waals surface area contributed by atoms with E-state index in [1.807, 2.05) is 6.07 Å². The summed E-state index contributed by atoms with van der Waals surface area (Å²) < 4.78 is 15.6. The zero-order valence-electron chi connectivity index (χ0n) is 16.7. The summed E-state index contributed by atoms with van der Waals surface area (Å²) >= 11 is 0.977. The van der Waals surface area contributed by atoms with Gasteiger partial charge in [0.25, 0.3) is 11.6 Å². The van der Waals surface area contributed by atoms with E-state index in [1.54, 1.807) is 53.2 Å². The van der Waals surface area contributed by atoms with Crippen LogP contribution < -0.4 is 5.32 Å². The van der Waals surface area contributed by atoms with Crippen LogP contribution in [0.25, 0.3) is 22.3 Å². The maximum atomic E-state index is 13.9. The SMILES string of the molecule is N#CC(=Cc1cccn1-c1ccc([N+](=O)[O-])cc1)C(=O)Nc1nnc(-c2ccccc2F)s1. The van der Waals surface area contributed by atoms with Crippen LogP contribution in [-0.4, -0.2) is 25.6 Å². The predicted molar refractivity (Wildman–Crippen MR) is 120 cm³/mol. The number of hydrogen-bond acceptors (Lipinski definition) is 7. The second-order valence-corrected chi connectivity index (χ2v) is 7.57. The van der Waals surface area contributed by atoms with Crippen LogP contribution in [0.2, 0.25) is 0 Å². The van der Waals surface area contributed by atoms with Crippen molar-refractivity contribution in [3.05, 3.63) is 94.1 Å². The summed E-state index contributed by atoms with van der Waals surface area (Å²) in [4.78, 5) is 23.0. The van der Waals surface area contributed by atoms with Crippen LogP contribution in [0.3, 0.4) is 0 Å². The van der Waals surface area contributed by atoms with Gasteiger partial charge >= 0.3 is 0 Å². The number of carbonyl (C=O) groups is 1. The third-order valence-corrected chi connectivity index (χ3v) is 5.40. The molecule has 0 spiro atoms. The van der Waals surface area contributed by atoms with E-state index in [9.17, 15) is 24.6 Å². The second kappa shape index (κ2) is 9.21. The van der Waals surface area contributed by atoms with Gasteiger partial charge in [-0.3, -0.25) is 20.2 Å². The molecular formula is C22H13FN6O3S. The number of carbonyl (C=O) groups excluding carboxylic acids is 1. The molecule has 162 valence electrons. The van der Waals surface area contributed by atoms with Crippen LogP contribution in [0.4, 0.5) is 15.2 Å². The molecule has 0 bridgehead atoms. The van der Waals surface area contributed by atoms with Crippen LogP contribution in [0.1, 0.15) is 5.69 Å². The number of anilines is 1. The average molecular weight is 460 g/mol. The van der Waals surface area contributed by atoms with E-state index in [2.05, 4.69) is 15.5 Å².